The average molecular weight is 368 g/mol. The molecule has 1 fully saturated rings. The summed E-state index contributed by atoms with van der Waals surface area (Å²) in [6.07, 6.45) is -0.220. The van der Waals surface area contributed by atoms with Gasteiger partial charge in [0.2, 0.25) is 0 Å². The van der Waals surface area contributed by atoms with Gasteiger partial charge in [-0.3, -0.25) is 4.90 Å². The number of piperidine rings is 1. The lowest BCUT2D eigenvalue weighted by molar-refractivity contribution is -0.0190. The van der Waals surface area contributed by atoms with Crippen molar-refractivity contribution in [1.29, 1.82) is 0 Å². The zero-order valence-electron chi connectivity index (χ0n) is 15.8. The fourth-order valence-electron chi connectivity index (χ4n) is 3.65. The van der Waals surface area contributed by atoms with Crippen LogP contribution < -0.4 is 0 Å². The molecule has 0 spiro atoms. The van der Waals surface area contributed by atoms with E-state index in [1.807, 2.05) is 36.4 Å². The molecule has 1 saturated heterocycles. The second-order valence-electron chi connectivity index (χ2n) is 6.94. The van der Waals surface area contributed by atoms with E-state index in [4.69, 9.17) is 4.74 Å². The van der Waals surface area contributed by atoms with E-state index in [2.05, 4.69) is 29.2 Å². The van der Waals surface area contributed by atoms with Crippen LogP contribution in [0.5, 0.6) is 0 Å². The molecular formula is C22H28N2O3. The SMILES string of the molecule is CCOC(=O)N1CCC(N(Cc2ccccc2)Cc2ccccc2)C(O)C1. The molecule has 5 nitrogen and oxygen atoms in total. The van der Waals surface area contributed by atoms with Crippen molar-refractivity contribution in [3.05, 3.63) is 71.8 Å². The van der Waals surface area contributed by atoms with Gasteiger partial charge in [-0.25, -0.2) is 4.79 Å². The minimum absolute atomic E-state index is 0.00362. The molecule has 2 aromatic rings. The van der Waals surface area contributed by atoms with Crippen molar-refractivity contribution < 1.29 is 14.6 Å². The Hall–Kier alpha value is -2.37. The van der Waals surface area contributed by atoms with E-state index in [9.17, 15) is 9.90 Å². The van der Waals surface area contributed by atoms with Crippen LogP contribution in [0.3, 0.4) is 0 Å². The molecule has 5 heteroatoms. The zero-order valence-corrected chi connectivity index (χ0v) is 15.8. The highest BCUT2D eigenvalue weighted by atomic mass is 16.6. The third kappa shape index (κ3) is 5.31. The number of carbonyl (C=O) groups excluding carboxylic acids is 1. The normalized spacial score (nSPS) is 19.9. The lowest BCUT2D eigenvalue weighted by Gasteiger charge is -2.41. The van der Waals surface area contributed by atoms with Crippen LogP contribution in [0.1, 0.15) is 24.5 Å². The number of hydrogen-bond acceptors (Lipinski definition) is 4. The first kappa shape index (κ1) is 19.4. The van der Waals surface area contributed by atoms with Crippen LogP contribution in [0.25, 0.3) is 0 Å². The van der Waals surface area contributed by atoms with Gasteiger partial charge in [0.05, 0.1) is 19.3 Å². The van der Waals surface area contributed by atoms with Crippen LogP contribution in [0, 0.1) is 0 Å². The first-order valence-electron chi connectivity index (χ1n) is 9.59. The predicted octanol–water partition coefficient (Wildman–Crippen LogP) is 3.28. The maximum Gasteiger partial charge on any atom is 0.409 e. The molecule has 0 radical (unpaired) electrons. The summed E-state index contributed by atoms with van der Waals surface area (Å²) in [5.41, 5.74) is 2.43. The first-order valence-corrected chi connectivity index (χ1v) is 9.59. The highest BCUT2D eigenvalue weighted by Crippen LogP contribution is 2.22. The number of rotatable bonds is 6. The molecule has 3 rings (SSSR count). The van der Waals surface area contributed by atoms with Gasteiger partial charge >= 0.3 is 6.09 Å². The van der Waals surface area contributed by atoms with E-state index < -0.39 is 6.10 Å². The van der Waals surface area contributed by atoms with Crippen molar-refractivity contribution in [3.63, 3.8) is 0 Å². The summed E-state index contributed by atoms with van der Waals surface area (Å²) in [6.45, 7) is 4.57. The minimum atomic E-state index is -0.601. The third-order valence-corrected chi connectivity index (χ3v) is 5.00. The third-order valence-electron chi connectivity index (χ3n) is 5.00. The second-order valence-corrected chi connectivity index (χ2v) is 6.94. The minimum Gasteiger partial charge on any atom is -0.450 e. The number of aliphatic hydroxyl groups excluding tert-OH is 1. The van der Waals surface area contributed by atoms with Gasteiger partial charge in [0.25, 0.3) is 0 Å². The number of hydrogen-bond donors (Lipinski definition) is 1. The molecule has 2 atom stereocenters. The Balaban J connectivity index is 1.73. The first-order chi connectivity index (χ1) is 13.2. The van der Waals surface area contributed by atoms with Crippen molar-refractivity contribution in [3.8, 4) is 0 Å². The van der Waals surface area contributed by atoms with E-state index in [-0.39, 0.29) is 12.1 Å². The zero-order chi connectivity index (χ0) is 19.1. The number of likely N-dealkylation sites (tertiary alicyclic amines) is 1. The summed E-state index contributed by atoms with van der Waals surface area (Å²) in [5.74, 6) is 0. The molecule has 2 aromatic carbocycles. The molecule has 1 aliphatic heterocycles. The van der Waals surface area contributed by atoms with E-state index in [0.717, 1.165) is 19.5 Å². The summed E-state index contributed by atoms with van der Waals surface area (Å²) >= 11 is 0. The molecule has 0 aromatic heterocycles. The summed E-state index contributed by atoms with van der Waals surface area (Å²) in [7, 11) is 0. The molecule has 0 aliphatic carbocycles. The molecule has 0 bridgehead atoms. The van der Waals surface area contributed by atoms with Crippen LogP contribution in [0.2, 0.25) is 0 Å². The molecule has 1 amide bonds. The van der Waals surface area contributed by atoms with Crippen molar-refractivity contribution in [2.24, 2.45) is 0 Å². The number of carbonyl (C=O) groups is 1. The molecule has 144 valence electrons. The van der Waals surface area contributed by atoms with Crippen molar-refractivity contribution in [2.45, 2.75) is 38.6 Å². The predicted molar refractivity (Wildman–Crippen MR) is 105 cm³/mol. The van der Waals surface area contributed by atoms with Gasteiger partial charge < -0.3 is 14.7 Å². The van der Waals surface area contributed by atoms with Crippen molar-refractivity contribution in [1.82, 2.24) is 9.80 Å². The van der Waals surface area contributed by atoms with E-state index in [1.165, 1.54) is 11.1 Å². The summed E-state index contributed by atoms with van der Waals surface area (Å²) in [4.78, 5) is 15.9. The summed E-state index contributed by atoms with van der Waals surface area (Å²) in [5, 5.41) is 10.8. The smallest absolute Gasteiger partial charge is 0.409 e. The Labute approximate surface area is 161 Å². The number of ether oxygens (including phenoxy) is 1. The van der Waals surface area contributed by atoms with Gasteiger partial charge in [0, 0.05) is 25.7 Å². The van der Waals surface area contributed by atoms with Gasteiger partial charge in [-0.05, 0) is 24.5 Å². The molecule has 0 saturated carbocycles. The Bertz CT molecular complexity index is 667. The fourth-order valence-corrected chi connectivity index (χ4v) is 3.65. The Kier molecular flexibility index (Phi) is 6.85. The fraction of sp³-hybridized carbons (Fsp3) is 0.409. The number of nitrogens with zero attached hydrogens (tertiary/aromatic N) is 2. The quantitative estimate of drug-likeness (QED) is 0.850. The number of aliphatic hydroxyl groups is 1. The highest BCUT2D eigenvalue weighted by molar-refractivity contribution is 5.67. The topological polar surface area (TPSA) is 53.0 Å². The van der Waals surface area contributed by atoms with E-state index in [0.29, 0.717) is 19.7 Å². The maximum absolute atomic E-state index is 12.0. The molecule has 2 unspecified atom stereocenters. The van der Waals surface area contributed by atoms with Crippen LogP contribution >= 0.6 is 0 Å². The van der Waals surface area contributed by atoms with Gasteiger partial charge in [-0.2, -0.15) is 0 Å². The molecule has 1 N–H and O–H groups in total. The molecule has 1 aliphatic rings. The summed E-state index contributed by atoms with van der Waals surface area (Å²) in [6, 6.07) is 20.6. The molecule has 1 heterocycles. The lowest BCUT2D eigenvalue weighted by atomic mass is 9.98. The monoisotopic (exact) mass is 368 g/mol. The summed E-state index contributed by atoms with van der Waals surface area (Å²) < 4.78 is 5.08. The second kappa shape index (κ2) is 9.53. The van der Waals surface area contributed by atoms with Gasteiger partial charge in [0.1, 0.15) is 0 Å². The van der Waals surface area contributed by atoms with Crippen LogP contribution in [-0.2, 0) is 17.8 Å². The van der Waals surface area contributed by atoms with Crippen LogP contribution in [0.15, 0.2) is 60.7 Å². The van der Waals surface area contributed by atoms with Crippen molar-refractivity contribution in [2.75, 3.05) is 19.7 Å². The molecule has 27 heavy (non-hydrogen) atoms. The van der Waals surface area contributed by atoms with Crippen LogP contribution in [-0.4, -0.2) is 52.8 Å². The largest absolute Gasteiger partial charge is 0.450 e. The average Bonchev–Trinajstić information content (AvgIpc) is 2.69. The van der Waals surface area contributed by atoms with Gasteiger partial charge in [-0.15, -0.1) is 0 Å². The number of benzene rings is 2. The van der Waals surface area contributed by atoms with Gasteiger partial charge in [0.15, 0.2) is 0 Å². The van der Waals surface area contributed by atoms with Gasteiger partial charge in [-0.1, -0.05) is 60.7 Å². The Morgan fingerprint density at radius 2 is 1.63 bits per heavy atom. The Morgan fingerprint density at radius 1 is 1.07 bits per heavy atom. The van der Waals surface area contributed by atoms with Crippen LogP contribution in [0.4, 0.5) is 4.79 Å². The Morgan fingerprint density at radius 3 is 2.11 bits per heavy atom. The highest BCUT2D eigenvalue weighted by Gasteiger charge is 2.34. The molecular weight excluding hydrogens is 340 g/mol. The van der Waals surface area contributed by atoms with E-state index >= 15 is 0 Å². The van der Waals surface area contributed by atoms with E-state index in [1.54, 1.807) is 11.8 Å². The number of β-amino-alcohol motifs (C(OH)–C–C–N with tert-alkyl or cyclic N) is 1. The standard InChI is InChI=1S/C22H28N2O3/c1-2-27-22(26)23-14-13-20(21(25)17-23)24(15-18-9-5-3-6-10-18)16-19-11-7-4-8-12-19/h3-12,20-21,25H,2,13-17H2,1H3. The lowest BCUT2D eigenvalue weighted by Crippen LogP contribution is -2.55. The maximum atomic E-state index is 12.0. The number of amides is 1. The van der Waals surface area contributed by atoms with Crippen molar-refractivity contribution >= 4 is 6.09 Å².